The van der Waals surface area contributed by atoms with Crippen molar-refractivity contribution in [1.29, 1.82) is 0 Å². The monoisotopic (exact) mass is 224 g/mol. The van der Waals surface area contributed by atoms with Crippen LogP contribution in [0, 0.1) is 6.92 Å². The second-order valence-electron chi connectivity index (χ2n) is 4.00. The lowest BCUT2D eigenvalue weighted by Gasteiger charge is -2.15. The van der Waals surface area contributed by atoms with Crippen molar-refractivity contribution in [2.75, 3.05) is 0 Å². The molecule has 0 amide bonds. The zero-order valence-electron chi connectivity index (χ0n) is 9.98. The quantitative estimate of drug-likeness (QED) is 0.788. The van der Waals surface area contributed by atoms with Crippen molar-refractivity contribution in [1.82, 2.24) is 9.97 Å². The fourth-order valence-electron chi connectivity index (χ4n) is 2.11. The summed E-state index contributed by atoms with van der Waals surface area (Å²) in [5, 5.41) is 0. The zero-order valence-corrected chi connectivity index (χ0v) is 9.98. The van der Waals surface area contributed by atoms with E-state index >= 15 is 0 Å². The molecular weight excluding hydrogens is 208 g/mol. The lowest BCUT2D eigenvalue weighted by Crippen LogP contribution is -2.01. The van der Waals surface area contributed by atoms with Gasteiger partial charge in [0, 0.05) is 17.8 Å². The van der Waals surface area contributed by atoms with Gasteiger partial charge in [0.1, 0.15) is 0 Å². The number of nitrogens with one attached hydrogen (secondary N) is 1. The highest BCUT2D eigenvalue weighted by molar-refractivity contribution is 5.59. The van der Waals surface area contributed by atoms with E-state index in [1.165, 1.54) is 16.7 Å². The molecule has 0 spiro atoms. The van der Waals surface area contributed by atoms with Crippen LogP contribution < -0.4 is 0 Å². The predicted octanol–water partition coefficient (Wildman–Crippen LogP) is 3.68. The van der Waals surface area contributed by atoms with E-state index in [1.54, 1.807) is 6.33 Å². The van der Waals surface area contributed by atoms with Crippen LogP contribution in [0.15, 0.2) is 50.0 Å². The summed E-state index contributed by atoms with van der Waals surface area (Å²) in [5.41, 5.74) is 4.66. The minimum Gasteiger partial charge on any atom is -0.348 e. The largest absolute Gasteiger partial charge is 0.348 e. The topological polar surface area (TPSA) is 28.7 Å². The zero-order chi connectivity index (χ0) is 12.3. The van der Waals surface area contributed by atoms with Crippen molar-refractivity contribution >= 4 is 6.08 Å². The Labute approximate surface area is 102 Å². The second kappa shape index (κ2) is 4.83. The lowest BCUT2D eigenvalue weighted by molar-refractivity contribution is 0.969. The average molecular weight is 224 g/mol. The Kier molecular flexibility index (Phi) is 3.24. The Hall–Kier alpha value is -2.09. The summed E-state index contributed by atoms with van der Waals surface area (Å²) in [6.45, 7) is 9.90. The Bertz CT molecular complexity index is 524. The molecule has 1 heterocycles. The number of imidazole rings is 1. The van der Waals surface area contributed by atoms with Crippen molar-refractivity contribution in [3.63, 3.8) is 0 Å². The van der Waals surface area contributed by atoms with Gasteiger partial charge in [-0.3, -0.25) is 0 Å². The Morgan fingerprint density at radius 3 is 2.76 bits per heavy atom. The van der Waals surface area contributed by atoms with Gasteiger partial charge in [0.05, 0.1) is 6.33 Å². The number of rotatable bonds is 4. The van der Waals surface area contributed by atoms with Crippen molar-refractivity contribution in [2.45, 2.75) is 12.8 Å². The predicted molar refractivity (Wildman–Crippen MR) is 71.9 cm³/mol. The van der Waals surface area contributed by atoms with Gasteiger partial charge < -0.3 is 4.98 Å². The highest BCUT2D eigenvalue weighted by Crippen LogP contribution is 2.29. The van der Waals surface area contributed by atoms with Crippen molar-refractivity contribution in [3.8, 4) is 0 Å². The lowest BCUT2D eigenvalue weighted by atomic mass is 9.89. The summed E-state index contributed by atoms with van der Waals surface area (Å²) in [5.74, 6) is 0.130. The molecule has 0 aliphatic carbocycles. The van der Waals surface area contributed by atoms with E-state index in [1.807, 2.05) is 18.3 Å². The van der Waals surface area contributed by atoms with Crippen LogP contribution >= 0.6 is 0 Å². The van der Waals surface area contributed by atoms with E-state index in [9.17, 15) is 0 Å². The minimum absolute atomic E-state index is 0.130. The van der Waals surface area contributed by atoms with Gasteiger partial charge in [0.15, 0.2) is 0 Å². The van der Waals surface area contributed by atoms with Crippen LogP contribution in [0.2, 0.25) is 0 Å². The summed E-state index contributed by atoms with van der Waals surface area (Å²) in [4.78, 5) is 7.21. The highest BCUT2D eigenvalue weighted by Gasteiger charge is 2.15. The molecule has 2 aromatic rings. The van der Waals surface area contributed by atoms with E-state index in [-0.39, 0.29) is 5.92 Å². The number of aryl methyl sites for hydroxylation is 1. The minimum atomic E-state index is 0.130. The SMILES string of the molecule is C=Cc1c(C)cccc1C(C=C)c1cnc[nH]1. The normalized spacial score (nSPS) is 12.1. The van der Waals surface area contributed by atoms with E-state index in [2.05, 4.69) is 48.2 Å². The first kappa shape index (κ1) is 11.4. The van der Waals surface area contributed by atoms with E-state index in [0.717, 1.165) is 5.69 Å². The maximum atomic E-state index is 4.07. The van der Waals surface area contributed by atoms with Gasteiger partial charge >= 0.3 is 0 Å². The van der Waals surface area contributed by atoms with Gasteiger partial charge in [-0.1, -0.05) is 36.9 Å². The highest BCUT2D eigenvalue weighted by atomic mass is 14.9. The Balaban J connectivity index is 2.55. The average Bonchev–Trinajstić information content (AvgIpc) is 2.84. The van der Waals surface area contributed by atoms with E-state index in [0.29, 0.717) is 0 Å². The molecule has 1 aromatic heterocycles. The van der Waals surface area contributed by atoms with Gasteiger partial charge in [-0.25, -0.2) is 4.98 Å². The van der Waals surface area contributed by atoms with Crippen molar-refractivity contribution in [3.05, 3.63) is 72.3 Å². The van der Waals surface area contributed by atoms with Crippen LogP contribution in [0.4, 0.5) is 0 Å². The third-order valence-corrected chi connectivity index (χ3v) is 2.99. The fourth-order valence-corrected chi connectivity index (χ4v) is 2.11. The summed E-state index contributed by atoms with van der Waals surface area (Å²) < 4.78 is 0. The maximum Gasteiger partial charge on any atom is 0.0922 e. The van der Waals surface area contributed by atoms with Gasteiger partial charge in [-0.05, 0) is 23.6 Å². The van der Waals surface area contributed by atoms with Gasteiger partial charge in [0.25, 0.3) is 0 Å². The van der Waals surface area contributed by atoms with Crippen LogP contribution in [0.25, 0.3) is 6.08 Å². The number of aromatic amines is 1. The molecule has 0 aliphatic rings. The number of aromatic nitrogens is 2. The third kappa shape index (κ3) is 2.07. The summed E-state index contributed by atoms with van der Waals surface area (Å²) in [6.07, 6.45) is 7.35. The Morgan fingerprint density at radius 1 is 1.35 bits per heavy atom. The van der Waals surface area contributed by atoms with Crippen molar-refractivity contribution < 1.29 is 0 Å². The fraction of sp³-hybridized carbons (Fsp3) is 0.133. The molecule has 0 saturated carbocycles. The van der Waals surface area contributed by atoms with Crippen LogP contribution in [0.1, 0.15) is 28.3 Å². The molecule has 1 aromatic carbocycles. The van der Waals surface area contributed by atoms with Gasteiger partial charge in [-0.2, -0.15) is 0 Å². The molecule has 2 nitrogen and oxygen atoms in total. The number of allylic oxidation sites excluding steroid dienone is 1. The van der Waals surface area contributed by atoms with E-state index in [4.69, 9.17) is 0 Å². The van der Waals surface area contributed by atoms with Crippen molar-refractivity contribution in [2.24, 2.45) is 0 Å². The first-order valence-corrected chi connectivity index (χ1v) is 5.60. The smallest absolute Gasteiger partial charge is 0.0922 e. The number of nitrogens with zero attached hydrogens (tertiary/aromatic N) is 1. The van der Waals surface area contributed by atoms with Gasteiger partial charge in [0.2, 0.25) is 0 Å². The van der Waals surface area contributed by atoms with Crippen LogP contribution in [0.5, 0.6) is 0 Å². The summed E-state index contributed by atoms with van der Waals surface area (Å²) >= 11 is 0. The molecule has 1 unspecified atom stereocenters. The molecule has 1 atom stereocenters. The summed E-state index contributed by atoms with van der Waals surface area (Å²) in [6, 6.07) is 6.26. The maximum absolute atomic E-state index is 4.07. The molecule has 2 heteroatoms. The summed E-state index contributed by atoms with van der Waals surface area (Å²) in [7, 11) is 0. The molecule has 1 N–H and O–H groups in total. The van der Waals surface area contributed by atoms with Gasteiger partial charge in [-0.15, -0.1) is 6.58 Å². The molecule has 0 fully saturated rings. The van der Waals surface area contributed by atoms with Crippen LogP contribution in [-0.2, 0) is 0 Å². The number of hydrogen-bond donors (Lipinski definition) is 1. The first-order chi connectivity index (χ1) is 8.27. The number of hydrogen-bond acceptors (Lipinski definition) is 1. The number of H-pyrrole nitrogens is 1. The molecule has 17 heavy (non-hydrogen) atoms. The van der Waals surface area contributed by atoms with Crippen LogP contribution in [0.3, 0.4) is 0 Å². The molecule has 0 saturated heterocycles. The third-order valence-electron chi connectivity index (χ3n) is 2.99. The van der Waals surface area contributed by atoms with Crippen LogP contribution in [-0.4, -0.2) is 9.97 Å². The molecular formula is C15H16N2. The first-order valence-electron chi connectivity index (χ1n) is 5.60. The molecule has 2 rings (SSSR count). The number of benzene rings is 1. The molecule has 0 radical (unpaired) electrons. The standard InChI is InChI=1S/C15H16N2/c1-4-12-11(3)7-6-8-14(12)13(5-2)15-9-16-10-17-15/h4-10,13H,1-2H2,3H3,(H,16,17). The van der Waals surface area contributed by atoms with E-state index < -0.39 is 0 Å². The Morgan fingerprint density at radius 2 is 2.18 bits per heavy atom. The molecule has 0 bridgehead atoms. The second-order valence-corrected chi connectivity index (χ2v) is 4.00. The molecule has 86 valence electrons. The molecule has 0 aliphatic heterocycles.